The number of benzene rings is 2. The van der Waals surface area contributed by atoms with E-state index < -0.39 is 0 Å². The lowest BCUT2D eigenvalue weighted by Gasteiger charge is -2.09. The minimum absolute atomic E-state index is 0.335. The van der Waals surface area contributed by atoms with Crippen molar-refractivity contribution in [3.05, 3.63) is 71.0 Å². The van der Waals surface area contributed by atoms with Gasteiger partial charge in [0.05, 0.1) is 18.4 Å². The zero-order chi connectivity index (χ0) is 17.4. The molecule has 0 N–H and O–H groups in total. The van der Waals surface area contributed by atoms with Crippen LogP contribution in [0.2, 0.25) is 10.3 Å². The van der Waals surface area contributed by atoms with Gasteiger partial charge in [0.25, 0.3) is 0 Å². The van der Waals surface area contributed by atoms with Gasteiger partial charge in [-0.1, -0.05) is 65.7 Å². The van der Waals surface area contributed by atoms with Crippen LogP contribution in [0.3, 0.4) is 0 Å². The Morgan fingerprint density at radius 2 is 1.64 bits per heavy atom. The molecule has 0 aliphatic rings. The van der Waals surface area contributed by atoms with Crippen molar-refractivity contribution in [3.63, 3.8) is 0 Å². The highest BCUT2D eigenvalue weighted by Crippen LogP contribution is 2.35. The summed E-state index contributed by atoms with van der Waals surface area (Å²) < 4.78 is 6.80. The van der Waals surface area contributed by atoms with Gasteiger partial charge in [-0.2, -0.15) is 5.10 Å². The molecule has 0 spiro atoms. The molecule has 2 heterocycles. The Hall–Kier alpha value is -2.56. The number of ether oxygens (including phenoxy) is 1. The lowest BCUT2D eigenvalue weighted by Crippen LogP contribution is -1.97. The van der Waals surface area contributed by atoms with Gasteiger partial charge in [-0.3, -0.25) is 0 Å². The molecule has 0 saturated carbocycles. The van der Waals surface area contributed by atoms with Crippen molar-refractivity contribution >= 4 is 28.8 Å². The van der Waals surface area contributed by atoms with Crippen molar-refractivity contribution in [1.29, 1.82) is 0 Å². The predicted molar refractivity (Wildman–Crippen MR) is 100 cm³/mol. The number of hydrogen-bond donors (Lipinski definition) is 0. The number of rotatable bonds is 3. The van der Waals surface area contributed by atoms with Crippen LogP contribution in [0, 0.1) is 0 Å². The molecule has 0 radical (unpaired) electrons. The van der Waals surface area contributed by atoms with E-state index in [0.717, 1.165) is 22.6 Å². The van der Waals surface area contributed by atoms with Crippen LogP contribution in [0.5, 0.6) is 5.75 Å². The number of hydrogen-bond acceptors (Lipinski definition) is 3. The molecule has 0 aliphatic carbocycles. The van der Waals surface area contributed by atoms with Crippen molar-refractivity contribution in [1.82, 2.24) is 14.6 Å². The van der Waals surface area contributed by atoms with Gasteiger partial charge in [-0.25, -0.2) is 9.50 Å². The Kier molecular flexibility index (Phi) is 4.07. The molecule has 0 bridgehead atoms. The van der Waals surface area contributed by atoms with Crippen molar-refractivity contribution < 1.29 is 4.74 Å². The van der Waals surface area contributed by atoms with E-state index in [0.29, 0.717) is 21.5 Å². The fourth-order valence-electron chi connectivity index (χ4n) is 2.69. The molecule has 124 valence electrons. The lowest BCUT2D eigenvalue weighted by molar-refractivity contribution is 0.415. The number of methoxy groups -OCH3 is 1. The molecule has 2 aromatic heterocycles. The van der Waals surface area contributed by atoms with Crippen LogP contribution in [0.25, 0.3) is 28.0 Å². The average molecular weight is 370 g/mol. The zero-order valence-corrected chi connectivity index (χ0v) is 14.8. The smallest absolute Gasteiger partial charge is 0.159 e. The fourth-order valence-corrected chi connectivity index (χ4v) is 3.35. The molecule has 2 aromatic carbocycles. The maximum Gasteiger partial charge on any atom is 0.159 e. The topological polar surface area (TPSA) is 39.4 Å². The summed E-state index contributed by atoms with van der Waals surface area (Å²) in [5.41, 5.74) is 3.87. The summed E-state index contributed by atoms with van der Waals surface area (Å²) in [7, 11) is 1.62. The van der Waals surface area contributed by atoms with Gasteiger partial charge in [-0.15, -0.1) is 0 Å². The van der Waals surface area contributed by atoms with E-state index in [4.69, 9.17) is 27.9 Å². The number of nitrogens with zero attached hydrogens (tertiary/aromatic N) is 3. The third kappa shape index (κ3) is 2.84. The second-order valence-corrected chi connectivity index (χ2v) is 6.18. The molecule has 0 saturated heterocycles. The number of fused-ring (bicyclic) bond motifs is 1. The molecule has 0 amide bonds. The van der Waals surface area contributed by atoms with Crippen LogP contribution in [-0.4, -0.2) is 21.7 Å². The van der Waals surface area contributed by atoms with Crippen LogP contribution in [-0.2, 0) is 0 Å². The molecule has 4 nitrogen and oxygen atoms in total. The third-order valence-corrected chi connectivity index (χ3v) is 4.57. The Morgan fingerprint density at radius 3 is 2.32 bits per heavy atom. The van der Waals surface area contributed by atoms with E-state index >= 15 is 0 Å². The largest absolute Gasteiger partial charge is 0.497 e. The van der Waals surface area contributed by atoms with Crippen LogP contribution in [0.1, 0.15) is 0 Å². The zero-order valence-electron chi connectivity index (χ0n) is 13.3. The average Bonchev–Trinajstić information content (AvgIpc) is 3.07. The molecular formula is C19H13Cl2N3O. The van der Waals surface area contributed by atoms with Crippen molar-refractivity contribution in [3.8, 4) is 28.1 Å². The predicted octanol–water partition coefficient (Wildman–Crippen LogP) is 5.38. The molecular weight excluding hydrogens is 357 g/mol. The minimum Gasteiger partial charge on any atom is -0.497 e. The van der Waals surface area contributed by atoms with Crippen LogP contribution in [0.15, 0.2) is 60.7 Å². The maximum absolute atomic E-state index is 6.60. The molecule has 6 heteroatoms. The highest BCUT2D eigenvalue weighted by Gasteiger charge is 2.17. The van der Waals surface area contributed by atoms with Gasteiger partial charge < -0.3 is 4.74 Å². The first-order valence-corrected chi connectivity index (χ1v) is 8.37. The summed E-state index contributed by atoms with van der Waals surface area (Å²) >= 11 is 13.0. The monoisotopic (exact) mass is 369 g/mol. The van der Waals surface area contributed by atoms with E-state index in [-0.39, 0.29) is 0 Å². The SMILES string of the molecule is COc1ccc(-c2c(Cl)nc3cc(-c4ccccc4)nn3c2Cl)cc1. The normalized spacial score (nSPS) is 11.0. The summed E-state index contributed by atoms with van der Waals surface area (Å²) in [6.07, 6.45) is 0. The van der Waals surface area contributed by atoms with E-state index in [1.807, 2.05) is 60.7 Å². The second-order valence-electron chi connectivity index (χ2n) is 5.46. The molecule has 0 aliphatic heterocycles. The van der Waals surface area contributed by atoms with Gasteiger partial charge in [0.1, 0.15) is 16.1 Å². The van der Waals surface area contributed by atoms with Gasteiger partial charge >= 0.3 is 0 Å². The molecule has 0 fully saturated rings. The number of aromatic nitrogens is 3. The van der Waals surface area contributed by atoms with Gasteiger partial charge in [0.15, 0.2) is 5.65 Å². The van der Waals surface area contributed by atoms with Crippen molar-refractivity contribution in [2.75, 3.05) is 7.11 Å². The highest BCUT2D eigenvalue weighted by molar-refractivity contribution is 6.38. The molecule has 4 rings (SSSR count). The summed E-state index contributed by atoms with van der Waals surface area (Å²) in [6.45, 7) is 0. The first-order valence-electron chi connectivity index (χ1n) is 7.62. The van der Waals surface area contributed by atoms with Crippen molar-refractivity contribution in [2.45, 2.75) is 0 Å². The van der Waals surface area contributed by atoms with Gasteiger partial charge in [0.2, 0.25) is 0 Å². The molecule has 0 unspecified atom stereocenters. The minimum atomic E-state index is 0.335. The van der Waals surface area contributed by atoms with E-state index in [2.05, 4.69) is 10.1 Å². The van der Waals surface area contributed by atoms with Gasteiger partial charge in [0, 0.05) is 11.6 Å². The fraction of sp³-hybridized carbons (Fsp3) is 0.0526. The maximum atomic E-state index is 6.60. The van der Waals surface area contributed by atoms with Crippen LogP contribution >= 0.6 is 23.2 Å². The molecule has 25 heavy (non-hydrogen) atoms. The Balaban J connectivity index is 1.88. The highest BCUT2D eigenvalue weighted by atomic mass is 35.5. The quantitative estimate of drug-likeness (QED) is 0.455. The van der Waals surface area contributed by atoms with Crippen molar-refractivity contribution in [2.24, 2.45) is 0 Å². The summed E-state index contributed by atoms with van der Waals surface area (Å²) in [5, 5.41) is 5.34. The summed E-state index contributed by atoms with van der Waals surface area (Å²) in [6, 6.07) is 19.2. The molecule has 4 aromatic rings. The standard InChI is InChI=1S/C19H13Cl2N3O/c1-25-14-9-7-13(8-10-14)17-18(20)22-16-11-15(23-24(16)19(17)21)12-5-3-2-4-6-12/h2-11H,1H3. The molecule has 0 atom stereocenters. The summed E-state index contributed by atoms with van der Waals surface area (Å²) in [4.78, 5) is 4.45. The van der Waals surface area contributed by atoms with Gasteiger partial charge in [-0.05, 0) is 17.7 Å². The van der Waals surface area contributed by atoms with E-state index in [1.165, 1.54) is 0 Å². The number of halogens is 2. The second kappa shape index (κ2) is 6.39. The Bertz CT molecular complexity index is 1040. The van der Waals surface area contributed by atoms with Crippen LogP contribution in [0.4, 0.5) is 0 Å². The first-order chi connectivity index (χ1) is 12.2. The van der Waals surface area contributed by atoms with Crippen LogP contribution < -0.4 is 4.74 Å². The lowest BCUT2D eigenvalue weighted by atomic mass is 10.1. The third-order valence-electron chi connectivity index (χ3n) is 3.95. The Labute approximate surface area is 154 Å². The summed E-state index contributed by atoms with van der Waals surface area (Å²) in [5.74, 6) is 0.760. The van der Waals surface area contributed by atoms with E-state index in [9.17, 15) is 0 Å². The van der Waals surface area contributed by atoms with E-state index in [1.54, 1.807) is 11.6 Å². The first kappa shape index (κ1) is 15.9. The Morgan fingerprint density at radius 1 is 0.920 bits per heavy atom.